The van der Waals surface area contributed by atoms with Crippen molar-refractivity contribution < 1.29 is 4.79 Å². The highest BCUT2D eigenvalue weighted by Crippen LogP contribution is 2.14. The Bertz CT molecular complexity index is 644. The van der Waals surface area contributed by atoms with E-state index in [-0.39, 0.29) is 11.9 Å². The van der Waals surface area contributed by atoms with Crippen LogP contribution in [0.15, 0.2) is 60.7 Å². The van der Waals surface area contributed by atoms with Crippen molar-refractivity contribution in [3.63, 3.8) is 0 Å². The van der Waals surface area contributed by atoms with E-state index in [2.05, 4.69) is 34.5 Å². The van der Waals surface area contributed by atoms with Crippen LogP contribution in [0.4, 0.5) is 5.69 Å². The maximum Gasteiger partial charge on any atom is 0.228 e. The second kappa shape index (κ2) is 8.08. The first-order valence-corrected chi connectivity index (χ1v) is 8.53. The van der Waals surface area contributed by atoms with E-state index < -0.39 is 0 Å². The summed E-state index contributed by atoms with van der Waals surface area (Å²) < 4.78 is 0. The van der Waals surface area contributed by atoms with Crippen LogP contribution in [-0.2, 0) is 11.3 Å². The largest absolute Gasteiger partial charge is 0.315 e. The molecule has 1 amide bonds. The van der Waals surface area contributed by atoms with Crippen LogP contribution in [0.2, 0.25) is 0 Å². The number of piperazine rings is 1. The molecule has 0 bridgehead atoms. The normalized spacial score (nSPS) is 18.3. The number of benzene rings is 2. The number of nitrogens with one attached hydrogen (secondary N) is 1. The van der Waals surface area contributed by atoms with Crippen molar-refractivity contribution in [1.29, 1.82) is 0 Å². The summed E-state index contributed by atoms with van der Waals surface area (Å²) in [5, 5.41) is 3.48. The van der Waals surface area contributed by atoms with Crippen molar-refractivity contribution in [3.05, 3.63) is 66.2 Å². The van der Waals surface area contributed by atoms with Gasteiger partial charge in [0.1, 0.15) is 0 Å². The zero-order valence-corrected chi connectivity index (χ0v) is 14.2. The number of carbonyl (C=O) groups excluding carboxylic acids is 1. The van der Waals surface area contributed by atoms with Gasteiger partial charge >= 0.3 is 0 Å². The molecule has 3 rings (SSSR count). The van der Waals surface area contributed by atoms with Gasteiger partial charge in [-0.2, -0.15) is 0 Å². The van der Waals surface area contributed by atoms with Gasteiger partial charge in [-0.1, -0.05) is 48.5 Å². The third kappa shape index (κ3) is 4.43. The summed E-state index contributed by atoms with van der Waals surface area (Å²) in [7, 11) is 1.85. The van der Waals surface area contributed by atoms with Gasteiger partial charge in [0.15, 0.2) is 0 Å². The van der Waals surface area contributed by atoms with Crippen molar-refractivity contribution in [2.75, 3.05) is 31.6 Å². The molecule has 1 N–H and O–H groups in total. The fourth-order valence-electron chi connectivity index (χ4n) is 3.16. The quantitative estimate of drug-likeness (QED) is 0.918. The highest BCUT2D eigenvalue weighted by Gasteiger charge is 2.23. The van der Waals surface area contributed by atoms with E-state index in [1.165, 1.54) is 5.56 Å². The van der Waals surface area contributed by atoms with E-state index in [0.29, 0.717) is 6.42 Å². The van der Waals surface area contributed by atoms with Gasteiger partial charge in [-0.05, 0) is 17.7 Å². The van der Waals surface area contributed by atoms with Gasteiger partial charge in [-0.25, -0.2) is 0 Å². The Labute approximate surface area is 144 Å². The third-order valence-electron chi connectivity index (χ3n) is 4.53. The number of nitrogens with zero attached hydrogens (tertiary/aromatic N) is 2. The van der Waals surface area contributed by atoms with E-state index in [0.717, 1.165) is 31.9 Å². The Kier molecular flexibility index (Phi) is 5.62. The van der Waals surface area contributed by atoms with Crippen LogP contribution < -0.4 is 10.2 Å². The van der Waals surface area contributed by atoms with Gasteiger partial charge in [-0.15, -0.1) is 0 Å². The average molecular weight is 323 g/mol. The molecule has 1 aliphatic rings. The van der Waals surface area contributed by atoms with Crippen LogP contribution in [0.3, 0.4) is 0 Å². The summed E-state index contributed by atoms with van der Waals surface area (Å²) in [4.78, 5) is 16.7. The zero-order valence-electron chi connectivity index (χ0n) is 14.2. The first-order valence-electron chi connectivity index (χ1n) is 8.53. The molecule has 4 heteroatoms. The van der Waals surface area contributed by atoms with Crippen LogP contribution >= 0.6 is 0 Å². The van der Waals surface area contributed by atoms with Crippen LogP contribution in [0.5, 0.6) is 0 Å². The predicted octanol–water partition coefficient (Wildman–Crippen LogP) is 2.51. The van der Waals surface area contributed by atoms with Gasteiger partial charge < -0.3 is 10.2 Å². The van der Waals surface area contributed by atoms with E-state index in [4.69, 9.17) is 0 Å². The first-order chi connectivity index (χ1) is 11.7. The van der Waals surface area contributed by atoms with Crippen LogP contribution in [0, 0.1) is 0 Å². The topological polar surface area (TPSA) is 35.6 Å². The molecule has 0 unspecified atom stereocenters. The summed E-state index contributed by atoms with van der Waals surface area (Å²) >= 11 is 0. The third-order valence-corrected chi connectivity index (χ3v) is 4.53. The van der Waals surface area contributed by atoms with Crippen molar-refractivity contribution in [2.24, 2.45) is 0 Å². The summed E-state index contributed by atoms with van der Waals surface area (Å²) in [6, 6.07) is 20.5. The molecule has 2 aromatic carbocycles. The Balaban J connectivity index is 1.54. The van der Waals surface area contributed by atoms with Gasteiger partial charge in [0.05, 0.1) is 0 Å². The molecular formula is C20H25N3O. The van der Waals surface area contributed by atoms with Crippen molar-refractivity contribution in [3.8, 4) is 0 Å². The maximum atomic E-state index is 12.5. The predicted molar refractivity (Wildman–Crippen MR) is 98.0 cm³/mol. The lowest BCUT2D eigenvalue weighted by Gasteiger charge is -2.34. The molecule has 1 atom stereocenters. The number of hydrogen-bond donors (Lipinski definition) is 1. The highest BCUT2D eigenvalue weighted by atomic mass is 16.2. The van der Waals surface area contributed by atoms with Crippen LogP contribution in [0.1, 0.15) is 12.0 Å². The number of amides is 1. The minimum atomic E-state index is 0.153. The first kappa shape index (κ1) is 16.7. The lowest BCUT2D eigenvalue weighted by molar-refractivity contribution is -0.119. The Morgan fingerprint density at radius 3 is 2.50 bits per heavy atom. The van der Waals surface area contributed by atoms with Crippen LogP contribution in [0.25, 0.3) is 0 Å². The van der Waals surface area contributed by atoms with E-state index in [1.54, 1.807) is 4.90 Å². The van der Waals surface area contributed by atoms with Crippen molar-refractivity contribution in [2.45, 2.75) is 19.0 Å². The molecule has 1 aliphatic heterocycles. The standard InChI is InChI=1S/C20H25N3O/c1-22(19-10-6-3-7-11-19)20(24)14-18-16-23(13-12-21-18)15-17-8-4-2-5-9-17/h2-11,18,21H,12-16H2,1H3/t18-/m1/s1. The zero-order chi connectivity index (χ0) is 16.8. The Hall–Kier alpha value is -2.17. The number of rotatable bonds is 5. The summed E-state index contributed by atoms with van der Waals surface area (Å²) in [5.74, 6) is 0.153. The molecule has 0 aromatic heterocycles. The SMILES string of the molecule is CN(C(=O)C[C@@H]1CN(Cc2ccccc2)CCN1)c1ccccc1. The average Bonchev–Trinajstić information content (AvgIpc) is 2.63. The Morgan fingerprint density at radius 2 is 1.79 bits per heavy atom. The highest BCUT2D eigenvalue weighted by molar-refractivity contribution is 5.93. The summed E-state index contributed by atoms with van der Waals surface area (Å²) in [6.07, 6.45) is 0.524. The second-order valence-corrected chi connectivity index (χ2v) is 6.36. The van der Waals surface area contributed by atoms with E-state index in [9.17, 15) is 4.79 Å². The molecule has 24 heavy (non-hydrogen) atoms. The molecule has 2 aromatic rings. The molecule has 0 aliphatic carbocycles. The van der Waals surface area contributed by atoms with Crippen molar-refractivity contribution in [1.82, 2.24) is 10.2 Å². The molecule has 0 radical (unpaired) electrons. The number of hydrogen-bond acceptors (Lipinski definition) is 3. The number of para-hydroxylation sites is 1. The van der Waals surface area contributed by atoms with Gasteiger partial charge in [0.2, 0.25) is 5.91 Å². The lowest BCUT2D eigenvalue weighted by atomic mass is 10.1. The second-order valence-electron chi connectivity index (χ2n) is 6.36. The molecule has 1 saturated heterocycles. The molecule has 1 heterocycles. The van der Waals surface area contributed by atoms with Crippen LogP contribution in [-0.4, -0.2) is 43.5 Å². The molecular weight excluding hydrogens is 298 g/mol. The monoisotopic (exact) mass is 323 g/mol. The van der Waals surface area contributed by atoms with E-state index in [1.807, 2.05) is 43.4 Å². The molecule has 1 fully saturated rings. The minimum Gasteiger partial charge on any atom is -0.315 e. The van der Waals surface area contributed by atoms with E-state index >= 15 is 0 Å². The fourth-order valence-corrected chi connectivity index (χ4v) is 3.16. The Morgan fingerprint density at radius 1 is 1.12 bits per heavy atom. The smallest absolute Gasteiger partial charge is 0.228 e. The van der Waals surface area contributed by atoms with Crippen molar-refractivity contribution >= 4 is 11.6 Å². The van der Waals surface area contributed by atoms with Gasteiger partial charge in [0, 0.05) is 51.4 Å². The fraction of sp³-hybridized carbons (Fsp3) is 0.350. The molecule has 4 nitrogen and oxygen atoms in total. The molecule has 126 valence electrons. The van der Waals surface area contributed by atoms with Gasteiger partial charge in [0.25, 0.3) is 0 Å². The maximum absolute atomic E-state index is 12.5. The number of anilines is 1. The number of carbonyl (C=O) groups is 1. The molecule has 0 saturated carbocycles. The summed E-state index contributed by atoms with van der Waals surface area (Å²) in [5.41, 5.74) is 2.27. The van der Waals surface area contributed by atoms with Gasteiger partial charge in [-0.3, -0.25) is 9.69 Å². The summed E-state index contributed by atoms with van der Waals surface area (Å²) in [6.45, 7) is 3.80. The minimum absolute atomic E-state index is 0.153. The lowest BCUT2D eigenvalue weighted by Crippen LogP contribution is -2.51. The molecule has 0 spiro atoms.